The fourth-order valence-corrected chi connectivity index (χ4v) is 1.18. The molecule has 1 aromatic rings. The minimum Gasteiger partial charge on any atom is -0.483 e. The molecular weight excluding hydrogens is 228 g/mol. The molecule has 0 radical (unpaired) electrons. The van der Waals surface area contributed by atoms with E-state index in [1.54, 1.807) is 24.3 Å². The molecule has 0 saturated carbocycles. The van der Waals surface area contributed by atoms with E-state index in [0.717, 1.165) is 0 Å². The van der Waals surface area contributed by atoms with Gasteiger partial charge >= 0.3 is 11.9 Å². The van der Waals surface area contributed by atoms with Crippen molar-refractivity contribution in [2.24, 2.45) is 0 Å². The second-order valence-electron chi connectivity index (χ2n) is 2.95. The molecule has 0 spiro atoms. The Hall–Kier alpha value is -2.37. The van der Waals surface area contributed by atoms with E-state index in [2.05, 4.69) is 0 Å². The summed E-state index contributed by atoms with van der Waals surface area (Å²) >= 11 is 0. The van der Waals surface area contributed by atoms with E-state index in [1.165, 1.54) is 0 Å². The molecule has 2 bridgehead atoms. The number of carbonyl (C=O) groups excluding carboxylic acids is 2. The SMILES string of the molecule is O=C1OCCOC(=O)c2ccc1cc2.O=CO. The topological polar surface area (TPSA) is 89.9 Å². The molecule has 6 nitrogen and oxygen atoms in total. The summed E-state index contributed by atoms with van der Waals surface area (Å²) in [7, 11) is 0. The first-order valence-electron chi connectivity index (χ1n) is 4.71. The number of carboxylic acid groups (broad SMARTS) is 1. The second kappa shape index (κ2) is 6.26. The molecule has 1 N–H and O–H groups in total. The molecule has 0 aliphatic carbocycles. The first-order valence-corrected chi connectivity index (χ1v) is 4.71. The van der Waals surface area contributed by atoms with Crippen molar-refractivity contribution in [1.82, 2.24) is 0 Å². The number of hydrogen-bond acceptors (Lipinski definition) is 5. The average Bonchev–Trinajstić information content (AvgIpc) is 2.35. The molecule has 0 saturated heterocycles. The Morgan fingerprint density at radius 3 is 1.53 bits per heavy atom. The Labute approximate surface area is 96.8 Å². The lowest BCUT2D eigenvalue weighted by atomic mass is 10.1. The monoisotopic (exact) mass is 238 g/mol. The molecule has 0 fully saturated rings. The maximum absolute atomic E-state index is 11.3. The van der Waals surface area contributed by atoms with Crippen LogP contribution in [0.2, 0.25) is 0 Å². The number of carbonyl (C=O) groups is 3. The van der Waals surface area contributed by atoms with Gasteiger partial charge in [0.2, 0.25) is 0 Å². The van der Waals surface area contributed by atoms with Crippen LogP contribution in [-0.4, -0.2) is 36.7 Å². The van der Waals surface area contributed by atoms with Crippen LogP contribution in [0.1, 0.15) is 20.7 Å². The highest BCUT2D eigenvalue weighted by Crippen LogP contribution is 2.09. The van der Waals surface area contributed by atoms with Gasteiger partial charge in [0.05, 0.1) is 11.1 Å². The molecule has 6 heteroatoms. The number of fused-ring (bicyclic) bond motifs is 7. The normalized spacial score (nSPS) is 13.9. The van der Waals surface area contributed by atoms with Crippen LogP contribution in [0.15, 0.2) is 24.3 Å². The molecule has 17 heavy (non-hydrogen) atoms. The Morgan fingerprint density at radius 1 is 0.941 bits per heavy atom. The van der Waals surface area contributed by atoms with Gasteiger partial charge in [-0.2, -0.15) is 0 Å². The first-order chi connectivity index (χ1) is 8.19. The fraction of sp³-hybridized carbons (Fsp3) is 0.182. The van der Waals surface area contributed by atoms with Gasteiger partial charge in [-0.15, -0.1) is 0 Å². The number of rotatable bonds is 0. The predicted molar refractivity (Wildman–Crippen MR) is 55.7 cm³/mol. The highest BCUT2D eigenvalue weighted by molar-refractivity contribution is 5.93. The van der Waals surface area contributed by atoms with E-state index in [0.29, 0.717) is 11.1 Å². The molecule has 0 atom stereocenters. The van der Waals surface area contributed by atoms with Crippen LogP contribution < -0.4 is 0 Å². The summed E-state index contributed by atoms with van der Waals surface area (Å²) in [6.45, 7) is -0.0495. The van der Waals surface area contributed by atoms with Crippen molar-refractivity contribution in [2.75, 3.05) is 13.2 Å². The molecule has 0 aromatic heterocycles. The summed E-state index contributed by atoms with van der Waals surface area (Å²) in [4.78, 5) is 30.9. The molecule has 1 aromatic carbocycles. The molecule has 2 aliphatic rings. The van der Waals surface area contributed by atoms with Crippen molar-refractivity contribution in [3.05, 3.63) is 35.4 Å². The van der Waals surface area contributed by atoms with Gasteiger partial charge in [-0.05, 0) is 24.3 Å². The molecular formula is C11H10O6. The lowest BCUT2D eigenvalue weighted by Crippen LogP contribution is -2.16. The standard InChI is InChI=1S/C10H8O4.CH2O2/c11-9-7-1-2-8(4-3-7)10(12)14-6-5-13-9;2-1-3/h1-4H,5-6H2;1H,(H,2,3). The van der Waals surface area contributed by atoms with E-state index in [1.807, 2.05) is 0 Å². The van der Waals surface area contributed by atoms with Gasteiger partial charge in [0.1, 0.15) is 13.2 Å². The summed E-state index contributed by atoms with van der Waals surface area (Å²) < 4.78 is 9.66. The Kier molecular flexibility index (Phi) is 4.68. The first kappa shape index (κ1) is 12.7. The van der Waals surface area contributed by atoms with Crippen LogP contribution in [-0.2, 0) is 14.3 Å². The molecule has 2 heterocycles. The second-order valence-corrected chi connectivity index (χ2v) is 2.95. The van der Waals surface area contributed by atoms with Gasteiger partial charge in [-0.1, -0.05) is 0 Å². The van der Waals surface area contributed by atoms with Gasteiger partial charge in [0, 0.05) is 0 Å². The van der Waals surface area contributed by atoms with Gasteiger partial charge in [-0.25, -0.2) is 9.59 Å². The minimum atomic E-state index is -0.394. The van der Waals surface area contributed by atoms with Crippen molar-refractivity contribution >= 4 is 18.4 Å². The van der Waals surface area contributed by atoms with E-state index in [4.69, 9.17) is 19.4 Å². The average molecular weight is 238 g/mol. The third-order valence-corrected chi connectivity index (χ3v) is 1.91. The van der Waals surface area contributed by atoms with Crippen molar-refractivity contribution in [3.63, 3.8) is 0 Å². The molecule has 2 aliphatic heterocycles. The Morgan fingerprint density at radius 2 is 1.24 bits per heavy atom. The summed E-state index contributed by atoms with van der Waals surface area (Å²) in [6.07, 6.45) is 0. The van der Waals surface area contributed by atoms with Gasteiger partial charge in [0.15, 0.2) is 0 Å². The summed E-state index contributed by atoms with van der Waals surface area (Å²) in [5.74, 6) is -0.788. The van der Waals surface area contributed by atoms with Gasteiger partial charge in [0.25, 0.3) is 6.47 Å². The molecule has 3 rings (SSSR count). The highest BCUT2D eigenvalue weighted by atomic mass is 16.6. The number of ether oxygens (including phenoxy) is 2. The smallest absolute Gasteiger partial charge is 0.338 e. The van der Waals surface area contributed by atoms with Crippen molar-refractivity contribution < 1.29 is 29.0 Å². The molecule has 0 unspecified atom stereocenters. The fourth-order valence-electron chi connectivity index (χ4n) is 1.18. The maximum Gasteiger partial charge on any atom is 0.338 e. The lowest BCUT2D eigenvalue weighted by Gasteiger charge is -2.09. The van der Waals surface area contributed by atoms with E-state index in [-0.39, 0.29) is 19.7 Å². The minimum absolute atomic E-state index is 0.100. The number of benzene rings is 1. The van der Waals surface area contributed by atoms with E-state index < -0.39 is 11.9 Å². The van der Waals surface area contributed by atoms with Crippen LogP contribution in [0.4, 0.5) is 0 Å². The molecule has 90 valence electrons. The summed E-state index contributed by atoms with van der Waals surface area (Å²) in [6, 6.07) is 6.18. The number of esters is 2. The van der Waals surface area contributed by atoms with Gasteiger partial charge < -0.3 is 14.6 Å². The third kappa shape index (κ3) is 3.60. The zero-order valence-electron chi connectivity index (χ0n) is 8.79. The van der Waals surface area contributed by atoms with Crippen LogP contribution in [0, 0.1) is 0 Å². The van der Waals surface area contributed by atoms with Gasteiger partial charge in [-0.3, -0.25) is 4.79 Å². The van der Waals surface area contributed by atoms with Crippen molar-refractivity contribution in [2.45, 2.75) is 0 Å². The predicted octanol–water partition coefficient (Wildman–Crippen LogP) is 0.715. The van der Waals surface area contributed by atoms with E-state index >= 15 is 0 Å². The zero-order valence-corrected chi connectivity index (χ0v) is 8.79. The maximum atomic E-state index is 11.3. The lowest BCUT2D eigenvalue weighted by molar-refractivity contribution is -0.122. The third-order valence-electron chi connectivity index (χ3n) is 1.91. The van der Waals surface area contributed by atoms with Crippen molar-refractivity contribution in [3.8, 4) is 0 Å². The van der Waals surface area contributed by atoms with E-state index in [9.17, 15) is 9.59 Å². The largest absolute Gasteiger partial charge is 0.483 e. The summed E-state index contributed by atoms with van der Waals surface area (Å²) in [5.41, 5.74) is 0.895. The van der Waals surface area contributed by atoms with Crippen molar-refractivity contribution in [1.29, 1.82) is 0 Å². The zero-order chi connectivity index (χ0) is 12.7. The highest BCUT2D eigenvalue weighted by Gasteiger charge is 2.13. The van der Waals surface area contributed by atoms with Crippen LogP contribution >= 0.6 is 0 Å². The number of hydrogen-bond donors (Lipinski definition) is 1. The molecule has 0 amide bonds. The summed E-state index contributed by atoms with van der Waals surface area (Å²) in [5, 5.41) is 6.89. The quantitative estimate of drug-likeness (QED) is 0.529. The Bertz CT molecular complexity index is 371. The Balaban J connectivity index is 0.000000437. The van der Waals surface area contributed by atoms with Crippen LogP contribution in [0.25, 0.3) is 0 Å². The van der Waals surface area contributed by atoms with Crippen LogP contribution in [0.5, 0.6) is 0 Å². The van der Waals surface area contributed by atoms with Crippen LogP contribution in [0.3, 0.4) is 0 Å².